The van der Waals surface area contributed by atoms with Crippen LogP contribution in [0.25, 0.3) is 0 Å². The number of carbonyl (C=O) groups excluding carboxylic acids is 1. The van der Waals surface area contributed by atoms with E-state index in [1.165, 1.54) is 5.56 Å². The van der Waals surface area contributed by atoms with Gasteiger partial charge < -0.3 is 14.0 Å². The average molecular weight is 334 g/mol. The lowest BCUT2D eigenvalue weighted by molar-refractivity contribution is 0.0669. The van der Waals surface area contributed by atoms with Crippen molar-refractivity contribution in [3.05, 3.63) is 78.6 Å². The van der Waals surface area contributed by atoms with Crippen LogP contribution < -0.4 is 0 Å². The highest BCUT2D eigenvalue weighted by atomic mass is 16.2. The molecule has 5 nitrogen and oxygen atoms in total. The van der Waals surface area contributed by atoms with E-state index in [-0.39, 0.29) is 5.91 Å². The van der Waals surface area contributed by atoms with Gasteiger partial charge in [-0.2, -0.15) is 0 Å². The summed E-state index contributed by atoms with van der Waals surface area (Å²) < 4.78 is 4.15. The number of nitrogens with zero attached hydrogens (tertiary/aromatic N) is 4. The largest absolute Gasteiger partial charge is 0.339 e. The van der Waals surface area contributed by atoms with E-state index in [0.29, 0.717) is 12.6 Å². The molecule has 3 heterocycles. The Morgan fingerprint density at radius 2 is 2.00 bits per heavy atom. The molecule has 0 saturated carbocycles. The number of hydrogen-bond acceptors (Lipinski definition) is 2. The topological polar surface area (TPSA) is 43.1 Å². The van der Waals surface area contributed by atoms with Gasteiger partial charge in [-0.1, -0.05) is 30.3 Å². The Hall–Kier alpha value is -2.82. The lowest BCUT2D eigenvalue weighted by Crippen LogP contribution is -2.41. The zero-order valence-corrected chi connectivity index (χ0v) is 14.2. The second-order valence-corrected chi connectivity index (χ2v) is 6.56. The summed E-state index contributed by atoms with van der Waals surface area (Å²) in [5.74, 6) is 0.116. The van der Waals surface area contributed by atoms with Gasteiger partial charge in [-0.15, -0.1) is 0 Å². The number of amides is 1. The molecule has 0 bridgehead atoms. The fraction of sp³-hybridized carbons (Fsp3) is 0.300. The number of carbonyl (C=O) groups is 1. The first-order chi connectivity index (χ1) is 12.3. The summed E-state index contributed by atoms with van der Waals surface area (Å²) in [5.41, 5.74) is 1.96. The van der Waals surface area contributed by atoms with Gasteiger partial charge >= 0.3 is 0 Å². The predicted molar refractivity (Wildman–Crippen MR) is 96.4 cm³/mol. The molecule has 0 radical (unpaired) electrons. The minimum Gasteiger partial charge on any atom is -0.339 e. The van der Waals surface area contributed by atoms with Gasteiger partial charge in [-0.05, 0) is 30.5 Å². The first-order valence-corrected chi connectivity index (χ1v) is 8.77. The van der Waals surface area contributed by atoms with E-state index in [0.717, 1.165) is 31.6 Å². The van der Waals surface area contributed by atoms with Crippen LogP contribution in [0.3, 0.4) is 0 Å². The number of likely N-dealkylation sites (tertiary alicyclic amines) is 1. The highest BCUT2D eigenvalue weighted by Crippen LogP contribution is 2.23. The van der Waals surface area contributed by atoms with E-state index in [1.807, 2.05) is 58.5 Å². The molecule has 1 saturated heterocycles. The molecule has 25 heavy (non-hydrogen) atoms. The number of piperidine rings is 1. The third-order valence-electron chi connectivity index (χ3n) is 4.87. The maximum Gasteiger partial charge on any atom is 0.270 e. The molecule has 1 amide bonds. The summed E-state index contributed by atoms with van der Waals surface area (Å²) in [6, 6.07) is 14.4. The first-order valence-electron chi connectivity index (χ1n) is 8.77. The molecule has 1 aromatic carbocycles. The number of benzene rings is 1. The highest BCUT2D eigenvalue weighted by molar-refractivity contribution is 5.92. The summed E-state index contributed by atoms with van der Waals surface area (Å²) in [7, 11) is 0. The second-order valence-electron chi connectivity index (χ2n) is 6.56. The summed E-state index contributed by atoms with van der Waals surface area (Å²) in [5, 5.41) is 0. The van der Waals surface area contributed by atoms with E-state index in [9.17, 15) is 4.79 Å². The number of rotatable bonds is 4. The van der Waals surface area contributed by atoms with Crippen molar-refractivity contribution in [2.45, 2.75) is 25.4 Å². The van der Waals surface area contributed by atoms with Crippen LogP contribution in [-0.4, -0.2) is 38.0 Å². The van der Waals surface area contributed by atoms with Crippen LogP contribution in [0.2, 0.25) is 0 Å². The van der Waals surface area contributed by atoms with Crippen LogP contribution in [0.1, 0.15) is 34.9 Å². The molecule has 1 fully saturated rings. The van der Waals surface area contributed by atoms with Gasteiger partial charge in [0.25, 0.3) is 5.91 Å². The van der Waals surface area contributed by atoms with E-state index in [4.69, 9.17) is 0 Å². The van der Waals surface area contributed by atoms with Crippen LogP contribution in [0.5, 0.6) is 0 Å². The Morgan fingerprint density at radius 3 is 2.80 bits per heavy atom. The first kappa shape index (κ1) is 15.7. The minimum atomic E-state index is 0.116. The molecule has 0 aliphatic carbocycles. The van der Waals surface area contributed by atoms with Crippen molar-refractivity contribution in [1.82, 2.24) is 19.0 Å². The zero-order valence-electron chi connectivity index (χ0n) is 14.2. The summed E-state index contributed by atoms with van der Waals surface area (Å²) in [6.45, 7) is 2.28. The van der Waals surface area contributed by atoms with Gasteiger partial charge in [-0.3, -0.25) is 4.79 Å². The molecule has 1 aliphatic rings. The van der Waals surface area contributed by atoms with E-state index in [1.54, 1.807) is 6.20 Å². The monoisotopic (exact) mass is 334 g/mol. The quantitative estimate of drug-likeness (QED) is 0.735. The summed E-state index contributed by atoms with van der Waals surface area (Å²) in [4.78, 5) is 19.2. The maximum absolute atomic E-state index is 13.1. The minimum absolute atomic E-state index is 0.116. The molecular weight excluding hydrogens is 312 g/mol. The maximum atomic E-state index is 13.1. The van der Waals surface area contributed by atoms with E-state index >= 15 is 0 Å². The Balaban J connectivity index is 1.50. The molecule has 5 heteroatoms. The summed E-state index contributed by atoms with van der Waals surface area (Å²) >= 11 is 0. The third kappa shape index (κ3) is 3.36. The lowest BCUT2D eigenvalue weighted by Gasteiger charge is -2.33. The molecule has 128 valence electrons. The van der Waals surface area contributed by atoms with Crippen molar-refractivity contribution in [1.29, 1.82) is 0 Å². The number of aromatic nitrogens is 3. The Morgan fingerprint density at radius 1 is 1.12 bits per heavy atom. The van der Waals surface area contributed by atoms with Crippen LogP contribution in [0.15, 0.2) is 67.4 Å². The van der Waals surface area contributed by atoms with Gasteiger partial charge in [-0.25, -0.2) is 4.98 Å². The molecule has 0 spiro atoms. The van der Waals surface area contributed by atoms with Crippen molar-refractivity contribution in [2.24, 2.45) is 0 Å². The molecule has 3 aromatic rings. The fourth-order valence-electron chi connectivity index (χ4n) is 3.56. The SMILES string of the molecule is O=C(c1cccn1Cc1ccccc1)N1CCC[C@H](n2ccnc2)C1. The van der Waals surface area contributed by atoms with Crippen molar-refractivity contribution in [3.8, 4) is 0 Å². The van der Waals surface area contributed by atoms with Crippen molar-refractivity contribution < 1.29 is 4.79 Å². The normalized spacial score (nSPS) is 17.6. The average Bonchev–Trinajstić information content (AvgIpc) is 3.34. The molecule has 4 rings (SSSR count). The Labute approximate surface area is 147 Å². The van der Waals surface area contributed by atoms with Crippen LogP contribution >= 0.6 is 0 Å². The Bertz CT molecular complexity index is 823. The second kappa shape index (κ2) is 6.97. The molecular formula is C20H22N4O. The fourth-order valence-corrected chi connectivity index (χ4v) is 3.56. The van der Waals surface area contributed by atoms with Crippen molar-refractivity contribution in [3.63, 3.8) is 0 Å². The number of imidazole rings is 1. The Kier molecular flexibility index (Phi) is 4.37. The van der Waals surface area contributed by atoms with E-state index in [2.05, 4.69) is 21.7 Å². The predicted octanol–water partition coefficient (Wildman–Crippen LogP) is 3.21. The third-order valence-corrected chi connectivity index (χ3v) is 4.87. The molecule has 0 N–H and O–H groups in total. The van der Waals surface area contributed by atoms with Gasteiger partial charge in [0.2, 0.25) is 0 Å². The van der Waals surface area contributed by atoms with Gasteiger partial charge in [0.15, 0.2) is 0 Å². The van der Waals surface area contributed by atoms with Gasteiger partial charge in [0.1, 0.15) is 5.69 Å². The zero-order chi connectivity index (χ0) is 17.1. The van der Waals surface area contributed by atoms with Gasteiger partial charge in [0.05, 0.1) is 12.4 Å². The lowest BCUT2D eigenvalue weighted by atomic mass is 10.1. The smallest absolute Gasteiger partial charge is 0.270 e. The molecule has 0 unspecified atom stereocenters. The van der Waals surface area contributed by atoms with Crippen LogP contribution in [0, 0.1) is 0 Å². The number of hydrogen-bond donors (Lipinski definition) is 0. The summed E-state index contributed by atoms with van der Waals surface area (Å²) in [6.07, 6.45) is 9.72. The van der Waals surface area contributed by atoms with Gasteiger partial charge in [0, 0.05) is 38.2 Å². The highest BCUT2D eigenvalue weighted by Gasteiger charge is 2.26. The van der Waals surface area contributed by atoms with E-state index < -0.39 is 0 Å². The molecule has 2 aromatic heterocycles. The van der Waals surface area contributed by atoms with Crippen molar-refractivity contribution >= 4 is 5.91 Å². The standard InChI is InChI=1S/C20H22N4O/c25-20(23-12-4-8-18(15-23)24-13-10-21-16-24)19-9-5-11-22(19)14-17-6-2-1-3-7-17/h1-3,5-7,9-11,13,16,18H,4,8,12,14-15H2/t18-/m0/s1. The molecule has 1 aliphatic heterocycles. The molecule has 1 atom stereocenters. The van der Waals surface area contributed by atoms with Crippen LogP contribution in [-0.2, 0) is 6.54 Å². The van der Waals surface area contributed by atoms with Crippen molar-refractivity contribution in [2.75, 3.05) is 13.1 Å². The van der Waals surface area contributed by atoms with Crippen LogP contribution in [0.4, 0.5) is 0 Å².